The summed E-state index contributed by atoms with van der Waals surface area (Å²) in [7, 11) is 2.13. The first-order chi connectivity index (χ1) is 19.3. The van der Waals surface area contributed by atoms with E-state index in [9.17, 15) is 10.2 Å². The first-order valence-corrected chi connectivity index (χ1v) is 15.8. The Kier molecular flexibility index (Phi) is 6.36. The van der Waals surface area contributed by atoms with Gasteiger partial charge in [-0.2, -0.15) is 0 Å². The predicted molar refractivity (Wildman–Crippen MR) is 158 cm³/mol. The highest BCUT2D eigenvalue weighted by Crippen LogP contribution is 2.73. The third-order valence-electron chi connectivity index (χ3n) is 12.2. The monoisotopic (exact) mass is 563 g/mol. The number of hydrogen-bond acceptors (Lipinski definition) is 6. The van der Waals surface area contributed by atoms with Gasteiger partial charge in [-0.25, -0.2) is 0 Å². The van der Waals surface area contributed by atoms with Gasteiger partial charge < -0.3 is 24.4 Å². The minimum Gasteiger partial charge on any atom is -0.391 e. The molecule has 6 aliphatic rings. The Labute approximate surface area is 245 Å². The number of nitrogens with zero attached hydrogens (tertiary/aromatic N) is 1. The van der Waals surface area contributed by atoms with E-state index in [1.54, 1.807) is 0 Å². The minimum atomic E-state index is -1.47. The smallest absolute Gasteiger partial charge is 0.164 e. The van der Waals surface area contributed by atoms with Crippen LogP contribution in [0.2, 0.25) is 0 Å². The Hall–Kier alpha value is -1.54. The molecule has 1 aliphatic heterocycles. The van der Waals surface area contributed by atoms with Crippen LogP contribution in [0, 0.1) is 34.5 Å². The van der Waals surface area contributed by atoms with Crippen molar-refractivity contribution in [2.24, 2.45) is 34.5 Å². The molecule has 0 radical (unpaired) electrons. The van der Waals surface area contributed by atoms with Crippen LogP contribution < -0.4 is 0 Å². The van der Waals surface area contributed by atoms with Crippen LogP contribution in [-0.2, 0) is 20.6 Å². The predicted octanol–water partition coefficient (Wildman–Crippen LogP) is 5.40. The molecule has 5 aliphatic carbocycles. The fourth-order valence-corrected chi connectivity index (χ4v) is 10.2. The molecule has 0 amide bonds. The second kappa shape index (κ2) is 9.23. The summed E-state index contributed by atoms with van der Waals surface area (Å²) in [6, 6.07) is 9.02. The SMILES string of the molecule is CC1=CC23C(C)CC4C(C(C=C5COC(C)(C)OC5C2(O)C1OCN(C)C1CCCc2ccccc21)C3O)C4(C)C. The van der Waals surface area contributed by atoms with E-state index in [-0.39, 0.29) is 23.3 Å². The van der Waals surface area contributed by atoms with E-state index in [1.165, 1.54) is 11.1 Å². The molecule has 1 spiro atoms. The van der Waals surface area contributed by atoms with Gasteiger partial charge in [-0.15, -0.1) is 0 Å². The first kappa shape index (κ1) is 28.2. The maximum absolute atomic E-state index is 13.4. The molecule has 1 saturated heterocycles. The van der Waals surface area contributed by atoms with Crippen molar-refractivity contribution >= 4 is 0 Å². The Balaban J connectivity index is 1.27. The minimum absolute atomic E-state index is 0.0515. The van der Waals surface area contributed by atoms with Gasteiger partial charge in [0.15, 0.2) is 5.79 Å². The largest absolute Gasteiger partial charge is 0.391 e. The van der Waals surface area contributed by atoms with Crippen LogP contribution in [-0.4, -0.2) is 65.2 Å². The fraction of sp³-hybridized carbons (Fsp3) is 0.714. The van der Waals surface area contributed by atoms with Crippen molar-refractivity contribution in [3.05, 3.63) is 58.7 Å². The van der Waals surface area contributed by atoms with Crippen molar-refractivity contribution in [1.29, 1.82) is 0 Å². The number of aliphatic hydroxyl groups is 2. The molecule has 2 N–H and O–H groups in total. The zero-order valence-electron chi connectivity index (χ0n) is 25.9. The van der Waals surface area contributed by atoms with Gasteiger partial charge in [-0.05, 0) is 98.9 Å². The Bertz CT molecular complexity index is 1280. The van der Waals surface area contributed by atoms with Gasteiger partial charge in [0.1, 0.15) is 24.5 Å². The zero-order valence-corrected chi connectivity index (χ0v) is 25.9. The van der Waals surface area contributed by atoms with Gasteiger partial charge in [-0.3, -0.25) is 4.90 Å². The van der Waals surface area contributed by atoms with Gasteiger partial charge in [0.25, 0.3) is 0 Å². The maximum Gasteiger partial charge on any atom is 0.164 e. The molecule has 6 nitrogen and oxygen atoms in total. The number of ether oxygens (including phenoxy) is 3. The molecule has 3 fully saturated rings. The Morgan fingerprint density at radius 3 is 2.68 bits per heavy atom. The van der Waals surface area contributed by atoms with Crippen molar-refractivity contribution in [3.63, 3.8) is 0 Å². The Morgan fingerprint density at radius 2 is 1.90 bits per heavy atom. The molecule has 7 rings (SSSR count). The molecule has 2 bridgehead atoms. The maximum atomic E-state index is 13.4. The third-order valence-corrected chi connectivity index (χ3v) is 12.2. The topological polar surface area (TPSA) is 71.4 Å². The van der Waals surface area contributed by atoms with E-state index in [0.29, 0.717) is 25.2 Å². The highest BCUT2D eigenvalue weighted by atomic mass is 16.7. The summed E-state index contributed by atoms with van der Waals surface area (Å²) >= 11 is 0. The molecule has 2 saturated carbocycles. The number of benzene rings is 1. The summed E-state index contributed by atoms with van der Waals surface area (Å²) < 4.78 is 19.7. The summed E-state index contributed by atoms with van der Waals surface area (Å²) in [4.78, 5) is 2.29. The number of fused-ring (bicyclic) bond motifs is 6. The van der Waals surface area contributed by atoms with Crippen LogP contribution in [0.25, 0.3) is 0 Å². The Morgan fingerprint density at radius 1 is 1.15 bits per heavy atom. The van der Waals surface area contributed by atoms with E-state index in [4.69, 9.17) is 14.2 Å². The lowest BCUT2D eigenvalue weighted by atomic mass is 9.58. The summed E-state index contributed by atoms with van der Waals surface area (Å²) in [5, 5.41) is 25.8. The van der Waals surface area contributed by atoms with Crippen LogP contribution >= 0.6 is 0 Å². The first-order valence-electron chi connectivity index (χ1n) is 15.8. The normalized spacial score (nSPS) is 45.3. The van der Waals surface area contributed by atoms with Crippen LogP contribution in [0.4, 0.5) is 0 Å². The second-order valence-corrected chi connectivity index (χ2v) is 15.2. The van der Waals surface area contributed by atoms with Crippen molar-refractivity contribution in [1.82, 2.24) is 4.90 Å². The van der Waals surface area contributed by atoms with Gasteiger partial charge in [0.05, 0.1) is 18.1 Å². The molecule has 10 atom stereocenters. The van der Waals surface area contributed by atoms with Crippen molar-refractivity contribution < 1.29 is 24.4 Å². The molecule has 10 unspecified atom stereocenters. The van der Waals surface area contributed by atoms with Gasteiger partial charge in [-0.1, -0.05) is 57.2 Å². The molecule has 6 heteroatoms. The number of aliphatic hydroxyl groups excluding tert-OH is 1. The average molecular weight is 564 g/mol. The molecule has 1 heterocycles. The zero-order chi connectivity index (χ0) is 29.1. The van der Waals surface area contributed by atoms with E-state index >= 15 is 0 Å². The van der Waals surface area contributed by atoms with Crippen molar-refractivity contribution in [3.8, 4) is 0 Å². The van der Waals surface area contributed by atoms with Crippen LogP contribution in [0.1, 0.15) is 78.0 Å². The van der Waals surface area contributed by atoms with E-state index in [1.807, 2.05) is 13.8 Å². The standard InChI is InChI=1S/C35H49NO5/c1-20-17-34-21(2)15-26-28(32(26,3)4)25(29(34)37)16-23-18-40-33(5,6)41-31(23)35(34,38)30(20)39-19-36(7)27-14-10-12-22-11-8-9-13-24(22)27/h8-9,11,13,16-17,21,25-31,37-38H,10,12,14-15,18-19H2,1-7H3. The third kappa shape index (κ3) is 3.84. The quantitative estimate of drug-likeness (QED) is 0.378. The van der Waals surface area contributed by atoms with E-state index in [0.717, 1.165) is 36.8 Å². The molecular weight excluding hydrogens is 514 g/mol. The second-order valence-electron chi connectivity index (χ2n) is 15.2. The summed E-state index contributed by atoms with van der Waals surface area (Å²) in [5.74, 6) is 0.0185. The average Bonchev–Trinajstić information content (AvgIpc) is 3.41. The van der Waals surface area contributed by atoms with E-state index < -0.39 is 35.1 Å². The lowest BCUT2D eigenvalue weighted by Gasteiger charge is -2.55. The molecular formula is C35H49NO5. The van der Waals surface area contributed by atoms with Crippen LogP contribution in [0.5, 0.6) is 0 Å². The van der Waals surface area contributed by atoms with Crippen molar-refractivity contribution in [2.75, 3.05) is 20.4 Å². The molecule has 224 valence electrons. The van der Waals surface area contributed by atoms with Crippen LogP contribution in [0.3, 0.4) is 0 Å². The fourth-order valence-electron chi connectivity index (χ4n) is 10.2. The molecule has 41 heavy (non-hydrogen) atoms. The highest BCUT2D eigenvalue weighted by molar-refractivity contribution is 5.44. The van der Waals surface area contributed by atoms with E-state index in [2.05, 4.69) is 76.1 Å². The summed E-state index contributed by atoms with van der Waals surface area (Å²) in [6.45, 7) is 13.6. The highest BCUT2D eigenvalue weighted by Gasteiger charge is 2.76. The van der Waals surface area contributed by atoms with Gasteiger partial charge in [0, 0.05) is 12.0 Å². The number of hydrogen-bond donors (Lipinski definition) is 2. The van der Waals surface area contributed by atoms with Gasteiger partial charge in [0.2, 0.25) is 0 Å². The summed E-state index contributed by atoms with van der Waals surface area (Å²) in [5.41, 5.74) is 2.54. The summed E-state index contributed by atoms with van der Waals surface area (Å²) in [6.07, 6.45) is 6.77. The van der Waals surface area contributed by atoms with Crippen LogP contribution in [0.15, 0.2) is 47.6 Å². The lowest BCUT2D eigenvalue weighted by Crippen LogP contribution is -2.69. The number of aryl methyl sites for hydroxylation is 1. The lowest BCUT2D eigenvalue weighted by molar-refractivity contribution is -0.316. The van der Waals surface area contributed by atoms with Gasteiger partial charge >= 0.3 is 0 Å². The number of rotatable bonds is 4. The molecule has 0 aromatic heterocycles. The van der Waals surface area contributed by atoms with Crippen molar-refractivity contribution in [2.45, 2.75) is 103 Å². The molecule has 1 aromatic carbocycles. The molecule has 1 aromatic rings.